The lowest BCUT2D eigenvalue weighted by Gasteiger charge is -2.29. The number of pyridine rings is 1. The molecule has 1 aliphatic rings. The minimum absolute atomic E-state index is 0.0701. The van der Waals surface area contributed by atoms with Crippen LogP contribution in [0.2, 0.25) is 0 Å². The van der Waals surface area contributed by atoms with Crippen molar-refractivity contribution in [2.24, 2.45) is 0 Å². The summed E-state index contributed by atoms with van der Waals surface area (Å²) in [6.45, 7) is 1.59. The Morgan fingerprint density at radius 2 is 2.04 bits per heavy atom. The van der Waals surface area contributed by atoms with E-state index in [1.807, 2.05) is 12.1 Å². The zero-order valence-corrected chi connectivity index (χ0v) is 12.3. The number of rotatable bonds is 4. The van der Waals surface area contributed by atoms with Gasteiger partial charge in [-0.05, 0) is 18.6 Å². The van der Waals surface area contributed by atoms with Crippen LogP contribution in [0.3, 0.4) is 0 Å². The molecule has 0 bridgehead atoms. The molecule has 8 heteroatoms. The normalized spacial score (nSPS) is 13.8. The van der Waals surface area contributed by atoms with Gasteiger partial charge in [-0.2, -0.15) is 15.0 Å². The van der Waals surface area contributed by atoms with Gasteiger partial charge in [0.15, 0.2) is 5.69 Å². The topological polar surface area (TPSA) is 89.9 Å². The largest absolute Gasteiger partial charge is 0.448 e. The van der Waals surface area contributed by atoms with Gasteiger partial charge in [0, 0.05) is 18.8 Å². The van der Waals surface area contributed by atoms with E-state index >= 15 is 0 Å². The quantitative estimate of drug-likeness (QED) is 0.716. The number of oxazole rings is 1. The third-order valence-electron chi connectivity index (χ3n) is 3.71. The van der Waals surface area contributed by atoms with E-state index in [9.17, 15) is 4.79 Å². The van der Waals surface area contributed by atoms with Gasteiger partial charge in [-0.25, -0.2) is 4.98 Å². The molecular formula is C15H14N6O2. The second-order valence-corrected chi connectivity index (χ2v) is 5.28. The first-order valence-corrected chi connectivity index (χ1v) is 7.35. The molecule has 0 spiro atoms. The van der Waals surface area contributed by atoms with Crippen molar-refractivity contribution in [1.82, 2.24) is 29.9 Å². The number of nitrogens with zero attached hydrogens (tertiary/aromatic N) is 6. The van der Waals surface area contributed by atoms with Crippen LogP contribution in [0.15, 0.2) is 41.4 Å². The maximum absolute atomic E-state index is 12.0. The third kappa shape index (κ3) is 2.70. The molecule has 116 valence electrons. The summed E-state index contributed by atoms with van der Waals surface area (Å²) in [7, 11) is 0. The molecule has 4 heterocycles. The monoisotopic (exact) mass is 310 g/mol. The van der Waals surface area contributed by atoms with Crippen LogP contribution < -0.4 is 0 Å². The van der Waals surface area contributed by atoms with E-state index in [-0.39, 0.29) is 5.91 Å². The SMILES string of the molecule is O=C(c1coc(Cc2ccc(-n3nccn3)cn2)n1)N1CCC1. The van der Waals surface area contributed by atoms with E-state index in [0.29, 0.717) is 18.0 Å². The number of hydrogen-bond donors (Lipinski definition) is 0. The lowest BCUT2D eigenvalue weighted by atomic mass is 10.2. The first-order chi connectivity index (χ1) is 11.3. The molecule has 1 saturated heterocycles. The molecule has 0 N–H and O–H groups in total. The van der Waals surface area contributed by atoms with E-state index in [4.69, 9.17) is 4.42 Å². The molecule has 0 unspecified atom stereocenters. The van der Waals surface area contributed by atoms with Crippen LogP contribution in [-0.2, 0) is 6.42 Å². The number of amides is 1. The molecule has 0 atom stereocenters. The van der Waals surface area contributed by atoms with E-state index in [2.05, 4.69) is 20.2 Å². The summed E-state index contributed by atoms with van der Waals surface area (Å²) in [4.78, 5) is 23.9. The number of carbonyl (C=O) groups excluding carboxylic acids is 1. The lowest BCUT2D eigenvalue weighted by Crippen LogP contribution is -2.42. The van der Waals surface area contributed by atoms with Crippen molar-refractivity contribution in [2.45, 2.75) is 12.8 Å². The maximum Gasteiger partial charge on any atom is 0.275 e. The molecule has 3 aromatic rings. The van der Waals surface area contributed by atoms with Crippen molar-refractivity contribution in [3.8, 4) is 5.69 Å². The summed E-state index contributed by atoms with van der Waals surface area (Å²) in [6.07, 6.45) is 7.80. The molecule has 23 heavy (non-hydrogen) atoms. The molecule has 0 radical (unpaired) electrons. The molecule has 3 aromatic heterocycles. The highest BCUT2D eigenvalue weighted by atomic mass is 16.3. The van der Waals surface area contributed by atoms with Gasteiger partial charge in [0.2, 0.25) is 5.89 Å². The average Bonchev–Trinajstić information content (AvgIpc) is 3.17. The predicted octanol–water partition coefficient (Wildman–Crippen LogP) is 1.09. The number of aromatic nitrogens is 5. The Kier molecular flexibility index (Phi) is 3.34. The standard InChI is InChI=1S/C15H14N6O2/c22-15(20-6-1-7-20)13-10-23-14(19-13)8-11-2-3-12(9-16-11)21-17-4-5-18-21/h2-5,9-10H,1,6-8H2. The Morgan fingerprint density at radius 1 is 1.22 bits per heavy atom. The van der Waals surface area contributed by atoms with E-state index < -0.39 is 0 Å². The first kappa shape index (κ1) is 13.6. The predicted molar refractivity (Wildman–Crippen MR) is 79.0 cm³/mol. The van der Waals surface area contributed by atoms with Crippen molar-refractivity contribution in [3.05, 3.63) is 54.3 Å². The highest BCUT2D eigenvalue weighted by Crippen LogP contribution is 2.14. The smallest absolute Gasteiger partial charge is 0.275 e. The second-order valence-electron chi connectivity index (χ2n) is 5.28. The van der Waals surface area contributed by atoms with Gasteiger partial charge >= 0.3 is 0 Å². The van der Waals surface area contributed by atoms with Crippen LogP contribution in [0.25, 0.3) is 5.69 Å². The summed E-state index contributed by atoms with van der Waals surface area (Å²) in [6, 6.07) is 3.73. The molecule has 0 aromatic carbocycles. The van der Waals surface area contributed by atoms with Gasteiger partial charge in [0.05, 0.1) is 25.0 Å². The molecule has 0 saturated carbocycles. The van der Waals surface area contributed by atoms with Crippen LogP contribution in [0.1, 0.15) is 28.5 Å². The third-order valence-corrected chi connectivity index (χ3v) is 3.71. The Bertz CT molecular complexity index is 805. The maximum atomic E-state index is 12.0. The van der Waals surface area contributed by atoms with Gasteiger partial charge in [-0.15, -0.1) is 0 Å². The molecule has 8 nitrogen and oxygen atoms in total. The van der Waals surface area contributed by atoms with Crippen LogP contribution in [0.4, 0.5) is 0 Å². The summed E-state index contributed by atoms with van der Waals surface area (Å²) >= 11 is 0. The molecular weight excluding hydrogens is 296 g/mol. The molecule has 4 rings (SSSR count). The van der Waals surface area contributed by atoms with Gasteiger partial charge in [0.1, 0.15) is 12.0 Å². The van der Waals surface area contributed by atoms with Crippen molar-refractivity contribution in [2.75, 3.05) is 13.1 Å². The fourth-order valence-corrected chi connectivity index (χ4v) is 2.32. The highest BCUT2D eigenvalue weighted by molar-refractivity contribution is 5.92. The van der Waals surface area contributed by atoms with Crippen LogP contribution in [0.5, 0.6) is 0 Å². The zero-order valence-electron chi connectivity index (χ0n) is 12.3. The van der Waals surface area contributed by atoms with E-state index in [1.54, 1.807) is 23.5 Å². The summed E-state index contributed by atoms with van der Waals surface area (Å²) < 4.78 is 5.38. The second kappa shape index (κ2) is 5.64. The first-order valence-electron chi connectivity index (χ1n) is 7.35. The highest BCUT2D eigenvalue weighted by Gasteiger charge is 2.24. The number of likely N-dealkylation sites (tertiary alicyclic amines) is 1. The van der Waals surface area contributed by atoms with Crippen molar-refractivity contribution in [3.63, 3.8) is 0 Å². The minimum Gasteiger partial charge on any atom is -0.448 e. The lowest BCUT2D eigenvalue weighted by molar-refractivity contribution is 0.0645. The molecule has 0 aliphatic carbocycles. The summed E-state index contributed by atoms with van der Waals surface area (Å²) in [5, 5.41) is 8.09. The van der Waals surface area contributed by atoms with Crippen molar-refractivity contribution < 1.29 is 9.21 Å². The van der Waals surface area contributed by atoms with Crippen LogP contribution >= 0.6 is 0 Å². The van der Waals surface area contributed by atoms with Crippen molar-refractivity contribution >= 4 is 5.91 Å². The van der Waals surface area contributed by atoms with Crippen molar-refractivity contribution in [1.29, 1.82) is 0 Å². The Morgan fingerprint density at radius 3 is 2.70 bits per heavy atom. The molecule has 1 fully saturated rings. The number of hydrogen-bond acceptors (Lipinski definition) is 6. The fourth-order valence-electron chi connectivity index (χ4n) is 2.32. The van der Waals surface area contributed by atoms with Crippen LogP contribution in [-0.4, -0.2) is 48.9 Å². The average molecular weight is 310 g/mol. The minimum atomic E-state index is -0.0701. The van der Waals surface area contributed by atoms with Gasteiger partial charge in [-0.1, -0.05) is 0 Å². The van der Waals surface area contributed by atoms with Gasteiger partial charge in [-0.3, -0.25) is 9.78 Å². The molecule has 1 aliphatic heterocycles. The Balaban J connectivity index is 1.45. The van der Waals surface area contributed by atoms with Crippen LogP contribution in [0, 0.1) is 0 Å². The summed E-state index contributed by atoms with van der Waals surface area (Å²) in [5.41, 5.74) is 1.93. The van der Waals surface area contributed by atoms with E-state index in [0.717, 1.165) is 30.9 Å². The van der Waals surface area contributed by atoms with Gasteiger partial charge < -0.3 is 9.32 Å². The Labute approximate surface area is 131 Å². The zero-order chi connectivity index (χ0) is 15.6. The Hall–Kier alpha value is -3.03. The summed E-state index contributed by atoms with van der Waals surface area (Å²) in [5.74, 6) is 0.408. The fraction of sp³-hybridized carbons (Fsp3) is 0.267. The van der Waals surface area contributed by atoms with E-state index in [1.165, 1.54) is 11.1 Å². The molecule has 1 amide bonds. The number of carbonyl (C=O) groups is 1. The van der Waals surface area contributed by atoms with Gasteiger partial charge in [0.25, 0.3) is 5.91 Å².